The summed E-state index contributed by atoms with van der Waals surface area (Å²) in [4.78, 5) is 0. The second-order valence-electron chi connectivity index (χ2n) is 5.57. The Balaban J connectivity index is 1.47. The van der Waals surface area contributed by atoms with E-state index in [9.17, 15) is 0 Å². The normalized spacial score (nSPS) is 29.9. The van der Waals surface area contributed by atoms with Gasteiger partial charge in [0.2, 0.25) is 0 Å². The lowest BCUT2D eigenvalue weighted by atomic mass is 10.0. The molecule has 0 aromatic rings. The highest BCUT2D eigenvalue weighted by Crippen LogP contribution is 2.14. The van der Waals surface area contributed by atoms with Crippen molar-refractivity contribution in [1.29, 1.82) is 5.41 Å². The second kappa shape index (κ2) is 8.35. The molecule has 3 unspecified atom stereocenters. The topological polar surface area (TPSA) is 68.3 Å². The lowest BCUT2D eigenvalue weighted by molar-refractivity contribution is 0.0509. The fraction of sp³-hybridized carbons (Fsp3) is 0.688. The summed E-state index contributed by atoms with van der Waals surface area (Å²) in [6, 6.07) is 0.216. The summed E-state index contributed by atoms with van der Waals surface area (Å²) in [6.07, 6.45) is 14.3. The fourth-order valence-corrected chi connectivity index (χ4v) is 2.47. The van der Waals surface area contributed by atoms with Crippen LogP contribution in [0, 0.1) is 5.41 Å². The van der Waals surface area contributed by atoms with Crippen molar-refractivity contribution in [3.63, 3.8) is 0 Å². The first-order chi connectivity index (χ1) is 9.74. The van der Waals surface area contributed by atoms with E-state index in [2.05, 4.69) is 6.08 Å². The van der Waals surface area contributed by atoms with Crippen molar-refractivity contribution in [2.45, 2.75) is 56.8 Å². The summed E-state index contributed by atoms with van der Waals surface area (Å²) in [5, 5.41) is 7.48. The molecule has 3 N–H and O–H groups in total. The molecule has 4 heteroatoms. The van der Waals surface area contributed by atoms with Crippen LogP contribution >= 0.6 is 0 Å². The third kappa shape index (κ3) is 5.57. The van der Waals surface area contributed by atoms with Gasteiger partial charge in [-0.1, -0.05) is 18.2 Å². The van der Waals surface area contributed by atoms with Crippen LogP contribution in [0.15, 0.2) is 24.3 Å². The molecule has 0 aromatic carbocycles. The number of hydrogen-bond acceptors (Lipinski definition) is 4. The molecule has 0 radical (unpaired) electrons. The molecule has 3 atom stereocenters. The van der Waals surface area contributed by atoms with Gasteiger partial charge < -0.3 is 20.6 Å². The molecule has 2 rings (SSSR count). The maximum Gasteiger partial charge on any atom is 0.0763 e. The lowest BCUT2D eigenvalue weighted by Crippen LogP contribution is -2.25. The third-order valence-electron chi connectivity index (χ3n) is 3.77. The number of ether oxygens (including phenoxy) is 2. The first-order valence-corrected chi connectivity index (χ1v) is 7.67. The largest absolute Gasteiger partial charge is 0.374 e. The van der Waals surface area contributed by atoms with Gasteiger partial charge in [0, 0.05) is 25.0 Å². The van der Waals surface area contributed by atoms with E-state index in [0.29, 0.717) is 5.71 Å². The van der Waals surface area contributed by atoms with Crippen LogP contribution in [-0.4, -0.2) is 37.2 Å². The molecule has 0 saturated heterocycles. The number of allylic oxidation sites excluding steroid dienone is 1. The summed E-state index contributed by atoms with van der Waals surface area (Å²) in [5.41, 5.74) is 6.50. The Morgan fingerprint density at radius 1 is 1.00 bits per heavy atom. The van der Waals surface area contributed by atoms with Gasteiger partial charge >= 0.3 is 0 Å². The number of rotatable bonds is 7. The van der Waals surface area contributed by atoms with Gasteiger partial charge in [-0.05, 0) is 44.6 Å². The van der Waals surface area contributed by atoms with E-state index in [1.54, 1.807) is 0 Å². The zero-order valence-electron chi connectivity index (χ0n) is 12.1. The summed E-state index contributed by atoms with van der Waals surface area (Å²) in [6.45, 7) is 1.57. The molecule has 0 fully saturated rings. The van der Waals surface area contributed by atoms with Gasteiger partial charge in [0.25, 0.3) is 0 Å². The first-order valence-electron chi connectivity index (χ1n) is 7.67. The summed E-state index contributed by atoms with van der Waals surface area (Å²) in [5.74, 6) is 0. The molecule has 0 amide bonds. The standard InChI is InChI=1S/C16H26N2O2/c17-13-3-7-15(8-4-13)19-11-1-2-12-20-16-9-5-14(18)6-10-16/h3,5,7,9,13,15-16,18H,1-2,4,6,8,10-12,17H2. The highest BCUT2D eigenvalue weighted by Gasteiger charge is 2.13. The zero-order chi connectivity index (χ0) is 14.2. The average Bonchev–Trinajstić information content (AvgIpc) is 2.46. The average molecular weight is 278 g/mol. The minimum Gasteiger partial charge on any atom is -0.374 e. The SMILES string of the molecule is N=C1C=CC(OCCCCOC2C=CC(N)CC2)CC1. The monoisotopic (exact) mass is 278 g/mol. The molecule has 0 bridgehead atoms. The Labute approximate surface area is 121 Å². The molecule has 112 valence electrons. The van der Waals surface area contributed by atoms with E-state index in [1.807, 2.05) is 18.2 Å². The van der Waals surface area contributed by atoms with E-state index in [-0.39, 0.29) is 18.2 Å². The van der Waals surface area contributed by atoms with Crippen molar-refractivity contribution in [3.05, 3.63) is 24.3 Å². The van der Waals surface area contributed by atoms with Crippen molar-refractivity contribution < 1.29 is 9.47 Å². The maximum atomic E-state index is 7.48. The van der Waals surface area contributed by atoms with E-state index in [1.165, 1.54) is 0 Å². The van der Waals surface area contributed by atoms with Crippen LogP contribution in [0.4, 0.5) is 0 Å². The minimum absolute atomic E-state index is 0.202. The molecule has 0 aromatic heterocycles. The highest BCUT2D eigenvalue weighted by atomic mass is 16.5. The lowest BCUT2D eigenvalue weighted by Gasteiger charge is -2.21. The molecule has 0 heterocycles. The zero-order valence-corrected chi connectivity index (χ0v) is 12.1. The Morgan fingerprint density at radius 3 is 2.25 bits per heavy atom. The van der Waals surface area contributed by atoms with Gasteiger partial charge in [-0.15, -0.1) is 0 Å². The molecule has 2 aliphatic carbocycles. The molecule has 0 aliphatic heterocycles. The predicted molar refractivity (Wildman–Crippen MR) is 81.2 cm³/mol. The molecule has 4 nitrogen and oxygen atoms in total. The van der Waals surface area contributed by atoms with Crippen molar-refractivity contribution in [2.75, 3.05) is 13.2 Å². The van der Waals surface area contributed by atoms with Gasteiger partial charge in [0.15, 0.2) is 0 Å². The summed E-state index contributed by atoms with van der Waals surface area (Å²) in [7, 11) is 0. The number of unbranched alkanes of at least 4 members (excludes halogenated alkanes) is 1. The van der Waals surface area contributed by atoms with Gasteiger partial charge in [0.1, 0.15) is 0 Å². The van der Waals surface area contributed by atoms with E-state index in [4.69, 9.17) is 20.6 Å². The van der Waals surface area contributed by atoms with Crippen LogP contribution in [0.1, 0.15) is 38.5 Å². The van der Waals surface area contributed by atoms with Gasteiger partial charge in [-0.25, -0.2) is 0 Å². The van der Waals surface area contributed by atoms with Gasteiger partial charge in [0.05, 0.1) is 12.2 Å². The van der Waals surface area contributed by atoms with Gasteiger partial charge in [-0.3, -0.25) is 0 Å². The van der Waals surface area contributed by atoms with Crippen LogP contribution in [0.5, 0.6) is 0 Å². The quantitative estimate of drug-likeness (QED) is 0.555. The molecular formula is C16H26N2O2. The molecule has 0 saturated carbocycles. The number of nitrogens with one attached hydrogen (secondary N) is 1. The Kier molecular flexibility index (Phi) is 6.43. The minimum atomic E-state index is 0.202. The van der Waals surface area contributed by atoms with Crippen molar-refractivity contribution in [1.82, 2.24) is 0 Å². The molecular weight excluding hydrogens is 252 g/mol. The molecule has 2 aliphatic rings. The highest BCUT2D eigenvalue weighted by molar-refractivity contribution is 5.93. The van der Waals surface area contributed by atoms with Crippen LogP contribution in [0.3, 0.4) is 0 Å². The van der Waals surface area contributed by atoms with E-state index < -0.39 is 0 Å². The van der Waals surface area contributed by atoms with Crippen LogP contribution in [0.2, 0.25) is 0 Å². The smallest absolute Gasteiger partial charge is 0.0763 e. The van der Waals surface area contributed by atoms with Crippen LogP contribution in [0.25, 0.3) is 0 Å². The molecule has 20 heavy (non-hydrogen) atoms. The maximum absolute atomic E-state index is 7.48. The van der Waals surface area contributed by atoms with Crippen LogP contribution < -0.4 is 5.73 Å². The Morgan fingerprint density at radius 2 is 1.70 bits per heavy atom. The Bertz CT molecular complexity index is 365. The van der Waals surface area contributed by atoms with Crippen molar-refractivity contribution in [3.8, 4) is 0 Å². The van der Waals surface area contributed by atoms with E-state index >= 15 is 0 Å². The van der Waals surface area contributed by atoms with Gasteiger partial charge in [-0.2, -0.15) is 0 Å². The summed E-state index contributed by atoms with van der Waals surface area (Å²) >= 11 is 0. The van der Waals surface area contributed by atoms with Crippen molar-refractivity contribution >= 4 is 5.71 Å². The van der Waals surface area contributed by atoms with Crippen molar-refractivity contribution in [2.24, 2.45) is 5.73 Å². The third-order valence-corrected chi connectivity index (χ3v) is 3.77. The van der Waals surface area contributed by atoms with Crippen LogP contribution in [-0.2, 0) is 9.47 Å². The molecule has 0 spiro atoms. The Hall–Kier alpha value is -0.970. The predicted octanol–water partition coefficient (Wildman–Crippen LogP) is 2.58. The van der Waals surface area contributed by atoms with E-state index in [0.717, 1.165) is 51.7 Å². The number of hydrogen-bond donors (Lipinski definition) is 2. The fourth-order valence-electron chi connectivity index (χ4n) is 2.47. The first kappa shape index (κ1) is 15.4. The number of nitrogens with two attached hydrogens (primary N) is 1. The summed E-state index contributed by atoms with van der Waals surface area (Å²) < 4.78 is 11.6. The second-order valence-corrected chi connectivity index (χ2v) is 5.57.